The maximum absolute atomic E-state index is 13.2. The van der Waals surface area contributed by atoms with Crippen LogP contribution in [0.2, 0.25) is 0 Å². The fourth-order valence-electron chi connectivity index (χ4n) is 8.74. The van der Waals surface area contributed by atoms with Crippen molar-refractivity contribution in [3.63, 3.8) is 0 Å². The normalized spacial score (nSPS) is 18.6. The van der Waals surface area contributed by atoms with Crippen molar-refractivity contribution in [1.29, 1.82) is 0 Å². The first-order chi connectivity index (χ1) is 37.6. The van der Waals surface area contributed by atoms with Crippen LogP contribution in [0.1, 0.15) is 252 Å². The Morgan fingerprint density at radius 1 is 0.442 bits per heavy atom. The van der Waals surface area contributed by atoms with Gasteiger partial charge in [0.25, 0.3) is 0 Å². The number of aliphatic hydroxyl groups excluding tert-OH is 2. The highest BCUT2D eigenvalue weighted by Gasteiger charge is 2.50. The number of aliphatic carboxylic acids is 1. The van der Waals surface area contributed by atoms with E-state index in [1.54, 1.807) is 0 Å². The van der Waals surface area contributed by atoms with E-state index in [2.05, 4.69) is 106 Å². The summed E-state index contributed by atoms with van der Waals surface area (Å²) >= 11 is 0. The number of hydrogen-bond acceptors (Lipinski definition) is 11. The molecule has 0 aliphatic carbocycles. The Kier molecular flexibility index (Phi) is 48.4. The molecule has 1 aliphatic rings. The maximum Gasteiger partial charge on any atom is 0.335 e. The largest absolute Gasteiger partial charge is 0.479 e. The van der Waals surface area contributed by atoms with Crippen molar-refractivity contribution in [1.82, 2.24) is 0 Å². The van der Waals surface area contributed by atoms with Crippen LogP contribution in [-0.2, 0) is 42.9 Å². The highest BCUT2D eigenvalue weighted by molar-refractivity contribution is 5.74. The van der Waals surface area contributed by atoms with Gasteiger partial charge in [-0.3, -0.25) is 14.4 Å². The quantitative estimate of drug-likeness (QED) is 0.0228. The Morgan fingerprint density at radius 2 is 0.818 bits per heavy atom. The first kappa shape index (κ1) is 70.9. The lowest BCUT2D eigenvalue weighted by Crippen LogP contribution is -2.61. The monoisotopic (exact) mass is 1080 g/mol. The molecule has 0 aromatic heterocycles. The Hall–Kier alpha value is -4.10. The number of esters is 3. The zero-order valence-corrected chi connectivity index (χ0v) is 48.4. The SMILES string of the molecule is CC/C=C\C/C=C\C/C=C\CCCCCCCCCC(=O)OC1C(OCC(COC(=O)CCCCCCC/C=C\C/C=C\CCCCC)OC(=O)CCCCCCC/C=C\C/C=C\CCCCC)OC(C(=O)O)C(O)C1O. The van der Waals surface area contributed by atoms with Crippen molar-refractivity contribution >= 4 is 23.9 Å². The summed E-state index contributed by atoms with van der Waals surface area (Å²) in [7, 11) is 0. The summed E-state index contributed by atoms with van der Waals surface area (Å²) in [4.78, 5) is 51.2. The topological polar surface area (TPSA) is 175 Å². The fourth-order valence-corrected chi connectivity index (χ4v) is 8.74. The molecule has 3 N–H and O–H groups in total. The van der Waals surface area contributed by atoms with Gasteiger partial charge in [-0.25, -0.2) is 4.79 Å². The molecule has 0 aromatic rings. The molecule has 0 aromatic carbocycles. The minimum Gasteiger partial charge on any atom is -0.479 e. The average Bonchev–Trinajstić information content (AvgIpc) is 3.43. The highest BCUT2D eigenvalue weighted by atomic mass is 16.7. The van der Waals surface area contributed by atoms with Crippen molar-refractivity contribution < 1.29 is 58.2 Å². The third-order valence-corrected chi connectivity index (χ3v) is 13.4. The number of ether oxygens (including phenoxy) is 5. The number of aliphatic hydroxyl groups is 2. The molecule has 77 heavy (non-hydrogen) atoms. The molecule has 6 unspecified atom stereocenters. The lowest BCUT2D eigenvalue weighted by Gasteiger charge is -2.40. The summed E-state index contributed by atoms with van der Waals surface area (Å²) in [6.45, 7) is 5.81. The molecule has 6 atom stereocenters. The lowest BCUT2D eigenvalue weighted by molar-refractivity contribution is -0.301. The molecule has 0 radical (unpaired) electrons. The number of hydrogen-bond donors (Lipinski definition) is 3. The van der Waals surface area contributed by atoms with E-state index in [0.717, 1.165) is 154 Å². The van der Waals surface area contributed by atoms with E-state index in [0.29, 0.717) is 19.3 Å². The van der Waals surface area contributed by atoms with Crippen molar-refractivity contribution in [2.45, 2.75) is 289 Å². The van der Waals surface area contributed by atoms with Gasteiger partial charge in [0.2, 0.25) is 0 Å². The van der Waals surface area contributed by atoms with Gasteiger partial charge in [-0.05, 0) is 116 Å². The molecular formula is C65H108O12. The lowest BCUT2D eigenvalue weighted by atomic mass is 9.98. The summed E-state index contributed by atoms with van der Waals surface area (Å²) in [6, 6.07) is 0. The number of carbonyl (C=O) groups excluding carboxylic acids is 3. The zero-order valence-electron chi connectivity index (χ0n) is 48.4. The predicted molar refractivity (Wildman–Crippen MR) is 312 cm³/mol. The smallest absolute Gasteiger partial charge is 0.335 e. The second kappa shape index (κ2) is 52.6. The third kappa shape index (κ3) is 42.5. The highest BCUT2D eigenvalue weighted by Crippen LogP contribution is 2.26. The molecule has 12 heteroatoms. The molecule has 1 heterocycles. The summed E-state index contributed by atoms with van der Waals surface area (Å²) < 4.78 is 28.4. The second-order valence-corrected chi connectivity index (χ2v) is 20.6. The van der Waals surface area contributed by atoms with E-state index in [9.17, 15) is 34.5 Å². The van der Waals surface area contributed by atoms with Crippen molar-refractivity contribution in [3.05, 3.63) is 85.1 Å². The van der Waals surface area contributed by atoms with Gasteiger partial charge >= 0.3 is 23.9 Å². The van der Waals surface area contributed by atoms with Gasteiger partial charge in [-0.15, -0.1) is 0 Å². The summed E-state index contributed by atoms with van der Waals surface area (Å²) in [6.07, 6.45) is 55.4. The molecule has 0 spiro atoms. The number of carboxylic acids is 1. The van der Waals surface area contributed by atoms with Crippen LogP contribution in [0.25, 0.3) is 0 Å². The fraction of sp³-hybridized carbons (Fsp3) is 0.723. The van der Waals surface area contributed by atoms with Gasteiger partial charge in [0.05, 0.1) is 6.61 Å². The maximum atomic E-state index is 13.2. The van der Waals surface area contributed by atoms with Crippen molar-refractivity contribution in [3.8, 4) is 0 Å². The molecule has 440 valence electrons. The molecule has 0 saturated carbocycles. The Morgan fingerprint density at radius 3 is 1.25 bits per heavy atom. The molecule has 12 nitrogen and oxygen atoms in total. The van der Waals surface area contributed by atoms with Crippen LogP contribution in [0, 0.1) is 0 Å². The van der Waals surface area contributed by atoms with Crippen molar-refractivity contribution in [2.24, 2.45) is 0 Å². The standard InChI is InChI=1S/C65H108O12/c1-4-7-10-13-16-19-22-25-28-29-32-35-38-41-44-47-50-53-59(68)76-63-61(70)60(69)62(64(71)72)77-65(63)74-55-56(75-58(67)52-49-46-43-40-37-34-31-27-24-21-18-15-12-9-6-3)54-73-57(66)51-48-45-42-39-36-33-30-26-23-20-17-14-11-8-5-2/h7,10,16-21,25-28,30-31,56,60-63,65,69-70H,4-6,8-9,11-15,22-24,29,32-55H2,1-3H3,(H,71,72)/b10-7-,19-16-,20-17-,21-18-,28-25-,30-26-,31-27-. The molecular weight excluding hydrogens is 973 g/mol. The molecule has 0 amide bonds. The minimum absolute atomic E-state index is 0.0432. The number of unbranched alkanes of at least 4 members (excludes halogenated alkanes) is 23. The van der Waals surface area contributed by atoms with Crippen LogP contribution < -0.4 is 0 Å². The minimum atomic E-state index is -1.91. The summed E-state index contributed by atoms with van der Waals surface area (Å²) in [5.41, 5.74) is 0. The Labute approximate surface area is 467 Å². The predicted octanol–water partition coefficient (Wildman–Crippen LogP) is 15.9. The molecule has 1 fully saturated rings. The van der Waals surface area contributed by atoms with Gasteiger partial charge in [-0.2, -0.15) is 0 Å². The van der Waals surface area contributed by atoms with Crippen LogP contribution in [0.15, 0.2) is 85.1 Å². The van der Waals surface area contributed by atoms with E-state index in [4.69, 9.17) is 23.7 Å². The van der Waals surface area contributed by atoms with E-state index >= 15 is 0 Å². The van der Waals surface area contributed by atoms with Gasteiger partial charge < -0.3 is 39.0 Å². The van der Waals surface area contributed by atoms with Gasteiger partial charge in [-0.1, -0.05) is 202 Å². The van der Waals surface area contributed by atoms with Crippen LogP contribution in [-0.4, -0.2) is 89.2 Å². The Balaban J connectivity index is 2.71. The number of carboxylic acid groups (broad SMARTS) is 1. The van der Waals surface area contributed by atoms with Gasteiger partial charge in [0.1, 0.15) is 18.8 Å². The number of allylic oxidation sites excluding steroid dienone is 14. The number of carbonyl (C=O) groups is 4. The zero-order chi connectivity index (χ0) is 56.1. The third-order valence-electron chi connectivity index (χ3n) is 13.4. The molecule has 1 saturated heterocycles. The molecule has 1 aliphatic heterocycles. The molecule has 0 bridgehead atoms. The van der Waals surface area contributed by atoms with E-state index in [1.807, 2.05) is 0 Å². The van der Waals surface area contributed by atoms with Crippen LogP contribution in [0.3, 0.4) is 0 Å². The van der Waals surface area contributed by atoms with Crippen LogP contribution in [0.5, 0.6) is 0 Å². The van der Waals surface area contributed by atoms with Crippen LogP contribution >= 0.6 is 0 Å². The van der Waals surface area contributed by atoms with Crippen LogP contribution in [0.4, 0.5) is 0 Å². The average molecular weight is 1080 g/mol. The first-order valence-electron chi connectivity index (χ1n) is 30.6. The first-order valence-corrected chi connectivity index (χ1v) is 30.6. The van der Waals surface area contributed by atoms with Gasteiger partial charge in [0, 0.05) is 19.3 Å². The van der Waals surface area contributed by atoms with Gasteiger partial charge in [0.15, 0.2) is 24.6 Å². The number of rotatable bonds is 51. The van der Waals surface area contributed by atoms with E-state index in [1.165, 1.54) is 38.5 Å². The summed E-state index contributed by atoms with van der Waals surface area (Å²) in [5, 5.41) is 31.5. The summed E-state index contributed by atoms with van der Waals surface area (Å²) in [5.74, 6) is -3.17. The Bertz CT molecular complexity index is 1660. The molecule has 1 rings (SSSR count). The van der Waals surface area contributed by atoms with E-state index < -0.39 is 67.3 Å². The van der Waals surface area contributed by atoms with E-state index in [-0.39, 0.29) is 25.9 Å². The van der Waals surface area contributed by atoms with Crippen molar-refractivity contribution in [2.75, 3.05) is 13.2 Å². The second-order valence-electron chi connectivity index (χ2n) is 20.6.